The summed E-state index contributed by atoms with van der Waals surface area (Å²) >= 11 is 1.21. The summed E-state index contributed by atoms with van der Waals surface area (Å²) in [5, 5.41) is 5.34. The summed E-state index contributed by atoms with van der Waals surface area (Å²) in [5.41, 5.74) is 1.76. The molecule has 1 N–H and O–H groups in total. The van der Waals surface area contributed by atoms with E-state index >= 15 is 0 Å². The first-order valence-corrected chi connectivity index (χ1v) is 15.1. The van der Waals surface area contributed by atoms with Gasteiger partial charge in [0.05, 0.1) is 29.1 Å². The van der Waals surface area contributed by atoms with Crippen molar-refractivity contribution >= 4 is 17.2 Å². The van der Waals surface area contributed by atoms with Crippen molar-refractivity contribution in [2.45, 2.75) is 33.6 Å². The van der Waals surface area contributed by atoms with E-state index in [4.69, 9.17) is 4.74 Å². The molecule has 0 radical (unpaired) electrons. The number of halogens is 3. The average molecular weight is 611 g/mol. The van der Waals surface area contributed by atoms with Crippen LogP contribution in [0, 0.1) is 11.7 Å². The molecule has 3 heterocycles. The van der Waals surface area contributed by atoms with Gasteiger partial charge < -0.3 is 15.0 Å². The normalized spacial score (nSPS) is 13.6. The summed E-state index contributed by atoms with van der Waals surface area (Å²) in [6, 6.07) is 11.4. The first kappa shape index (κ1) is 30.5. The van der Waals surface area contributed by atoms with E-state index in [1.165, 1.54) is 46.2 Å². The number of benzene rings is 2. The third kappa shape index (κ3) is 6.52. The zero-order valence-electron chi connectivity index (χ0n) is 24.2. The highest BCUT2D eigenvalue weighted by molar-refractivity contribution is 7.13. The molecule has 1 amide bonds. The van der Waals surface area contributed by atoms with Crippen molar-refractivity contribution in [3.63, 3.8) is 0 Å². The highest BCUT2D eigenvalue weighted by Crippen LogP contribution is 2.33. The molecule has 4 aromatic rings. The van der Waals surface area contributed by atoms with Gasteiger partial charge in [-0.05, 0) is 37.5 Å². The zero-order valence-corrected chi connectivity index (χ0v) is 25.0. The van der Waals surface area contributed by atoms with Crippen LogP contribution in [0.5, 0.6) is 5.75 Å². The third-order valence-electron chi connectivity index (χ3n) is 7.19. The van der Waals surface area contributed by atoms with Crippen LogP contribution in [0.25, 0.3) is 27.5 Å². The SMILES string of the molecule is CCOc1ccc(F)cc1-n1c(CC(C)C)c(C(=O)N2CCNCC2)cc(-c2nc(-c3ccc(C(F)F)cc3)cs2)c1=O. The molecule has 1 aliphatic heterocycles. The number of carbonyl (C=O) groups excluding carboxylic acids is 1. The highest BCUT2D eigenvalue weighted by atomic mass is 32.1. The molecule has 1 aliphatic rings. The number of amides is 1. The van der Waals surface area contributed by atoms with E-state index in [1.807, 2.05) is 13.8 Å². The summed E-state index contributed by atoms with van der Waals surface area (Å²) in [5.74, 6) is -0.392. The predicted octanol–water partition coefficient (Wildman–Crippen LogP) is 6.35. The van der Waals surface area contributed by atoms with Crippen molar-refractivity contribution in [3.05, 3.63) is 86.9 Å². The van der Waals surface area contributed by atoms with E-state index in [0.29, 0.717) is 72.5 Å². The van der Waals surface area contributed by atoms with E-state index in [1.54, 1.807) is 35.4 Å². The Morgan fingerprint density at radius 3 is 2.47 bits per heavy atom. The van der Waals surface area contributed by atoms with E-state index in [-0.39, 0.29) is 28.6 Å². The number of rotatable bonds is 9. The van der Waals surface area contributed by atoms with Crippen molar-refractivity contribution in [2.24, 2.45) is 5.92 Å². The van der Waals surface area contributed by atoms with Gasteiger partial charge in [-0.3, -0.25) is 14.2 Å². The highest BCUT2D eigenvalue weighted by Gasteiger charge is 2.28. The summed E-state index contributed by atoms with van der Waals surface area (Å²) in [6.45, 7) is 8.38. The number of nitrogens with zero attached hydrogens (tertiary/aromatic N) is 3. The number of alkyl halides is 2. The Kier molecular flexibility index (Phi) is 9.31. The molecular weight excluding hydrogens is 577 g/mol. The standard InChI is InChI=1S/C32H33F3N4O3S/c1-4-42-28-10-9-22(33)16-27(28)39-26(15-19(2)3)23(31(40)38-13-11-36-12-14-38)17-24(32(39)41)30-37-25(18-43-30)20-5-7-21(8-6-20)29(34)35/h5-10,16-19,29,36H,4,11-15H2,1-3H3. The minimum atomic E-state index is -2.58. The molecule has 11 heteroatoms. The van der Waals surface area contributed by atoms with Gasteiger partial charge in [-0.2, -0.15) is 0 Å². The van der Waals surface area contributed by atoms with Crippen LogP contribution in [0.15, 0.2) is 58.7 Å². The topological polar surface area (TPSA) is 76.5 Å². The lowest BCUT2D eigenvalue weighted by molar-refractivity contribution is 0.0733. The Balaban J connectivity index is 1.74. The second kappa shape index (κ2) is 13.1. The van der Waals surface area contributed by atoms with Gasteiger partial charge in [0.15, 0.2) is 0 Å². The van der Waals surface area contributed by atoms with Crippen LogP contribution in [-0.4, -0.2) is 53.1 Å². The lowest BCUT2D eigenvalue weighted by atomic mass is 9.99. The molecule has 0 unspecified atom stereocenters. The number of nitrogens with one attached hydrogen (secondary N) is 1. The van der Waals surface area contributed by atoms with Gasteiger partial charge in [-0.25, -0.2) is 18.2 Å². The molecule has 0 bridgehead atoms. The van der Waals surface area contributed by atoms with Crippen LogP contribution in [0.1, 0.15) is 48.8 Å². The average Bonchev–Trinajstić information content (AvgIpc) is 3.48. The molecule has 2 aromatic heterocycles. The molecule has 7 nitrogen and oxygen atoms in total. The quantitative estimate of drug-likeness (QED) is 0.239. The van der Waals surface area contributed by atoms with Crippen molar-refractivity contribution in [1.82, 2.24) is 19.8 Å². The predicted molar refractivity (Wildman–Crippen MR) is 162 cm³/mol. The molecule has 0 atom stereocenters. The fourth-order valence-electron chi connectivity index (χ4n) is 5.14. The molecule has 226 valence electrons. The maximum Gasteiger partial charge on any atom is 0.265 e. The summed E-state index contributed by atoms with van der Waals surface area (Å²) < 4.78 is 48.1. The molecule has 1 saturated heterocycles. The smallest absolute Gasteiger partial charge is 0.265 e. The minimum Gasteiger partial charge on any atom is -0.492 e. The third-order valence-corrected chi connectivity index (χ3v) is 8.07. The summed E-state index contributed by atoms with van der Waals surface area (Å²) in [7, 11) is 0. The summed E-state index contributed by atoms with van der Waals surface area (Å²) in [6.07, 6.45) is -2.21. The monoisotopic (exact) mass is 610 g/mol. The number of carbonyl (C=O) groups is 1. The minimum absolute atomic E-state index is 0.0675. The van der Waals surface area contributed by atoms with Crippen LogP contribution >= 0.6 is 11.3 Å². The van der Waals surface area contributed by atoms with Gasteiger partial charge >= 0.3 is 0 Å². The number of hydrogen-bond donors (Lipinski definition) is 1. The molecular formula is C32H33F3N4O3S. The van der Waals surface area contributed by atoms with E-state index in [9.17, 15) is 22.8 Å². The Bertz CT molecular complexity index is 1660. The fraction of sp³-hybridized carbons (Fsp3) is 0.344. The maximum atomic E-state index is 14.7. The van der Waals surface area contributed by atoms with E-state index in [0.717, 1.165) is 0 Å². The van der Waals surface area contributed by atoms with Gasteiger partial charge in [0.25, 0.3) is 17.9 Å². The van der Waals surface area contributed by atoms with Crippen molar-refractivity contribution in [3.8, 4) is 33.3 Å². The molecule has 0 aliphatic carbocycles. The first-order chi connectivity index (χ1) is 20.7. The molecule has 0 spiro atoms. The Hall–Kier alpha value is -3.96. The van der Waals surface area contributed by atoms with Crippen molar-refractivity contribution in [2.75, 3.05) is 32.8 Å². The second-order valence-corrected chi connectivity index (χ2v) is 11.6. The Labute approximate surface area is 252 Å². The van der Waals surface area contributed by atoms with Crippen LogP contribution in [0.3, 0.4) is 0 Å². The number of hydrogen-bond acceptors (Lipinski definition) is 6. The van der Waals surface area contributed by atoms with Gasteiger partial charge in [-0.15, -0.1) is 11.3 Å². The van der Waals surface area contributed by atoms with Crippen LogP contribution in [0.2, 0.25) is 0 Å². The van der Waals surface area contributed by atoms with Crippen molar-refractivity contribution in [1.29, 1.82) is 0 Å². The maximum absolute atomic E-state index is 14.7. The van der Waals surface area contributed by atoms with E-state index < -0.39 is 17.8 Å². The first-order valence-electron chi connectivity index (χ1n) is 14.2. The van der Waals surface area contributed by atoms with E-state index in [2.05, 4.69) is 10.3 Å². The van der Waals surface area contributed by atoms with Crippen LogP contribution < -0.4 is 15.6 Å². The molecule has 5 rings (SSSR count). The lowest BCUT2D eigenvalue weighted by Gasteiger charge is -2.29. The number of thiazole rings is 1. The number of ether oxygens (including phenoxy) is 1. The number of aromatic nitrogens is 2. The largest absolute Gasteiger partial charge is 0.492 e. The van der Waals surface area contributed by atoms with Gasteiger partial charge in [0.1, 0.15) is 16.6 Å². The lowest BCUT2D eigenvalue weighted by Crippen LogP contribution is -2.47. The second-order valence-electron chi connectivity index (χ2n) is 10.7. The fourth-order valence-corrected chi connectivity index (χ4v) is 5.98. The van der Waals surface area contributed by atoms with Crippen molar-refractivity contribution < 1.29 is 22.7 Å². The molecule has 43 heavy (non-hydrogen) atoms. The molecule has 0 saturated carbocycles. The van der Waals surface area contributed by atoms with Gasteiger partial charge in [0, 0.05) is 54.4 Å². The van der Waals surface area contributed by atoms with Crippen LogP contribution in [0.4, 0.5) is 13.2 Å². The number of pyridine rings is 1. The van der Waals surface area contributed by atoms with Gasteiger partial charge in [0.2, 0.25) is 0 Å². The molecule has 1 fully saturated rings. The number of piperazine rings is 1. The Morgan fingerprint density at radius 2 is 1.81 bits per heavy atom. The molecule has 2 aromatic carbocycles. The zero-order chi connectivity index (χ0) is 30.7. The van der Waals surface area contributed by atoms with Crippen LogP contribution in [-0.2, 0) is 6.42 Å². The van der Waals surface area contributed by atoms with Gasteiger partial charge in [-0.1, -0.05) is 38.1 Å². The summed E-state index contributed by atoms with van der Waals surface area (Å²) in [4.78, 5) is 34.9. The Morgan fingerprint density at radius 1 is 1.09 bits per heavy atom.